The predicted molar refractivity (Wildman–Crippen MR) is 91.6 cm³/mol. The van der Waals surface area contributed by atoms with E-state index in [-0.39, 0.29) is 24.9 Å². The quantitative estimate of drug-likeness (QED) is 0.734. The summed E-state index contributed by atoms with van der Waals surface area (Å²) in [6.45, 7) is 5.84. The van der Waals surface area contributed by atoms with Crippen LogP contribution in [-0.4, -0.2) is 46.6 Å². The van der Waals surface area contributed by atoms with E-state index in [1.165, 1.54) is 0 Å². The third-order valence-electron chi connectivity index (χ3n) is 5.68. The number of hydrogen-bond donors (Lipinski definition) is 2. The largest absolute Gasteiger partial charge is 0.466 e. The van der Waals surface area contributed by atoms with Crippen LogP contribution in [0, 0.1) is 17.8 Å². The first-order valence-electron chi connectivity index (χ1n) is 9.41. The first-order chi connectivity index (χ1) is 11.6. The van der Waals surface area contributed by atoms with Crippen molar-refractivity contribution < 1.29 is 29.3 Å². The molecule has 3 unspecified atom stereocenters. The molecule has 2 N–H and O–H groups in total. The van der Waals surface area contributed by atoms with Gasteiger partial charge in [-0.3, -0.25) is 9.59 Å². The summed E-state index contributed by atoms with van der Waals surface area (Å²) in [5.41, 5.74) is -1.56. The van der Waals surface area contributed by atoms with E-state index >= 15 is 0 Å². The predicted octanol–water partition coefficient (Wildman–Crippen LogP) is 2.20. The lowest BCUT2D eigenvalue weighted by Crippen LogP contribution is -2.44. The number of carbonyl (C=O) groups is 2. The average Bonchev–Trinajstić information content (AvgIpc) is 2.53. The standard InChI is InChI=1S/C19H32O6/c1-4-24-17(21)15-11-19(3,23)10-7-14(15)16(20)25-12-13-5-8-18(2,22)9-6-13/h13-15,22-23H,4-12H2,1-3H3. The molecular formula is C19H32O6. The third kappa shape index (κ3) is 5.68. The Morgan fingerprint density at radius 2 is 1.48 bits per heavy atom. The highest BCUT2D eigenvalue weighted by molar-refractivity contribution is 5.82. The highest BCUT2D eigenvalue weighted by Gasteiger charge is 2.45. The van der Waals surface area contributed by atoms with Crippen molar-refractivity contribution in [2.75, 3.05) is 13.2 Å². The van der Waals surface area contributed by atoms with Crippen molar-refractivity contribution in [1.82, 2.24) is 0 Å². The number of aliphatic hydroxyl groups is 2. The summed E-state index contributed by atoms with van der Waals surface area (Å²) in [7, 11) is 0. The molecule has 0 saturated heterocycles. The molecule has 6 heteroatoms. The summed E-state index contributed by atoms with van der Waals surface area (Å²) < 4.78 is 10.6. The van der Waals surface area contributed by atoms with Gasteiger partial charge < -0.3 is 19.7 Å². The SMILES string of the molecule is CCOC(=O)C1CC(C)(O)CCC1C(=O)OCC1CCC(C)(O)CC1. The zero-order chi connectivity index (χ0) is 18.7. The summed E-state index contributed by atoms with van der Waals surface area (Å²) in [4.78, 5) is 24.7. The maximum Gasteiger partial charge on any atom is 0.309 e. The van der Waals surface area contributed by atoms with Crippen LogP contribution in [0.5, 0.6) is 0 Å². The summed E-state index contributed by atoms with van der Waals surface area (Å²) in [6.07, 6.45) is 4.21. The van der Waals surface area contributed by atoms with Gasteiger partial charge in [0.2, 0.25) is 0 Å². The number of ether oxygens (including phenoxy) is 2. The number of esters is 2. The molecule has 2 aliphatic rings. The monoisotopic (exact) mass is 356 g/mol. The second kappa shape index (κ2) is 8.04. The van der Waals surface area contributed by atoms with Gasteiger partial charge in [-0.15, -0.1) is 0 Å². The van der Waals surface area contributed by atoms with Crippen molar-refractivity contribution in [1.29, 1.82) is 0 Å². The van der Waals surface area contributed by atoms with Crippen molar-refractivity contribution in [3.63, 3.8) is 0 Å². The molecule has 2 aliphatic carbocycles. The fourth-order valence-corrected chi connectivity index (χ4v) is 3.94. The molecule has 144 valence electrons. The van der Waals surface area contributed by atoms with Gasteiger partial charge in [0.1, 0.15) is 0 Å². The van der Waals surface area contributed by atoms with E-state index in [0.717, 1.165) is 12.8 Å². The summed E-state index contributed by atoms with van der Waals surface area (Å²) in [5.74, 6) is -1.74. The molecule has 0 aromatic carbocycles. The smallest absolute Gasteiger partial charge is 0.309 e. The molecule has 0 aromatic rings. The van der Waals surface area contributed by atoms with E-state index in [1.54, 1.807) is 13.8 Å². The molecular weight excluding hydrogens is 324 g/mol. The first kappa shape index (κ1) is 20.2. The zero-order valence-corrected chi connectivity index (χ0v) is 15.6. The number of rotatable bonds is 5. The number of carbonyl (C=O) groups excluding carboxylic acids is 2. The van der Waals surface area contributed by atoms with Gasteiger partial charge in [0.05, 0.1) is 36.3 Å². The van der Waals surface area contributed by atoms with E-state index in [2.05, 4.69) is 0 Å². The minimum atomic E-state index is -0.955. The average molecular weight is 356 g/mol. The van der Waals surface area contributed by atoms with Crippen LogP contribution in [-0.2, 0) is 19.1 Å². The minimum Gasteiger partial charge on any atom is -0.466 e. The summed E-state index contributed by atoms with van der Waals surface area (Å²) in [6, 6.07) is 0. The Morgan fingerprint density at radius 3 is 2.08 bits per heavy atom. The lowest BCUT2D eigenvalue weighted by molar-refractivity contribution is -0.168. The first-order valence-corrected chi connectivity index (χ1v) is 9.41. The zero-order valence-electron chi connectivity index (χ0n) is 15.6. The van der Waals surface area contributed by atoms with E-state index < -0.39 is 29.0 Å². The summed E-state index contributed by atoms with van der Waals surface area (Å²) in [5, 5.41) is 20.2. The van der Waals surface area contributed by atoms with E-state index in [9.17, 15) is 19.8 Å². The van der Waals surface area contributed by atoms with Crippen LogP contribution in [0.25, 0.3) is 0 Å². The molecule has 2 saturated carbocycles. The van der Waals surface area contributed by atoms with Gasteiger partial charge in [-0.1, -0.05) is 0 Å². The van der Waals surface area contributed by atoms with Gasteiger partial charge >= 0.3 is 11.9 Å². The second-order valence-corrected chi connectivity index (χ2v) is 8.28. The Morgan fingerprint density at radius 1 is 0.920 bits per heavy atom. The van der Waals surface area contributed by atoms with Crippen LogP contribution in [0.1, 0.15) is 65.7 Å². The van der Waals surface area contributed by atoms with Gasteiger partial charge in [0.15, 0.2) is 0 Å². The number of hydrogen-bond acceptors (Lipinski definition) is 6. The molecule has 3 atom stereocenters. The van der Waals surface area contributed by atoms with Crippen molar-refractivity contribution in [3.8, 4) is 0 Å². The molecule has 25 heavy (non-hydrogen) atoms. The van der Waals surface area contributed by atoms with Crippen LogP contribution in [0.2, 0.25) is 0 Å². The minimum absolute atomic E-state index is 0.220. The maximum absolute atomic E-state index is 12.5. The molecule has 2 rings (SSSR count). The molecule has 0 aromatic heterocycles. The molecule has 2 fully saturated rings. The second-order valence-electron chi connectivity index (χ2n) is 8.28. The topological polar surface area (TPSA) is 93.1 Å². The van der Waals surface area contributed by atoms with Crippen LogP contribution >= 0.6 is 0 Å². The van der Waals surface area contributed by atoms with Crippen LogP contribution in [0.4, 0.5) is 0 Å². The Labute approximate surface area is 149 Å². The van der Waals surface area contributed by atoms with Crippen LogP contribution in [0.3, 0.4) is 0 Å². The molecule has 0 radical (unpaired) electrons. The third-order valence-corrected chi connectivity index (χ3v) is 5.68. The Balaban J connectivity index is 1.91. The van der Waals surface area contributed by atoms with Crippen molar-refractivity contribution in [2.24, 2.45) is 17.8 Å². The normalized spacial score (nSPS) is 38.8. The molecule has 0 bridgehead atoms. The maximum atomic E-state index is 12.5. The Kier molecular flexibility index (Phi) is 6.49. The van der Waals surface area contributed by atoms with Gasteiger partial charge in [-0.25, -0.2) is 0 Å². The Hall–Kier alpha value is -1.14. The van der Waals surface area contributed by atoms with Gasteiger partial charge in [0, 0.05) is 0 Å². The Bertz CT molecular complexity index is 474. The van der Waals surface area contributed by atoms with E-state index in [1.807, 2.05) is 6.92 Å². The summed E-state index contributed by atoms with van der Waals surface area (Å²) >= 11 is 0. The van der Waals surface area contributed by atoms with Crippen molar-refractivity contribution in [2.45, 2.75) is 76.9 Å². The van der Waals surface area contributed by atoms with Gasteiger partial charge in [-0.05, 0) is 71.6 Å². The fourth-order valence-electron chi connectivity index (χ4n) is 3.94. The van der Waals surface area contributed by atoms with Crippen LogP contribution < -0.4 is 0 Å². The van der Waals surface area contributed by atoms with Crippen molar-refractivity contribution >= 4 is 11.9 Å². The molecule has 0 amide bonds. The molecule has 0 aliphatic heterocycles. The van der Waals surface area contributed by atoms with Crippen LogP contribution in [0.15, 0.2) is 0 Å². The fraction of sp³-hybridized carbons (Fsp3) is 0.895. The lowest BCUT2D eigenvalue weighted by atomic mass is 9.72. The van der Waals surface area contributed by atoms with E-state index in [0.29, 0.717) is 32.3 Å². The van der Waals surface area contributed by atoms with Crippen molar-refractivity contribution in [3.05, 3.63) is 0 Å². The van der Waals surface area contributed by atoms with Gasteiger partial charge in [-0.2, -0.15) is 0 Å². The highest BCUT2D eigenvalue weighted by atomic mass is 16.5. The molecule has 0 spiro atoms. The van der Waals surface area contributed by atoms with Gasteiger partial charge in [0.25, 0.3) is 0 Å². The van der Waals surface area contributed by atoms with E-state index in [4.69, 9.17) is 9.47 Å². The molecule has 6 nitrogen and oxygen atoms in total. The highest BCUT2D eigenvalue weighted by Crippen LogP contribution is 2.38. The lowest BCUT2D eigenvalue weighted by Gasteiger charge is -2.37. The molecule has 0 heterocycles.